The van der Waals surface area contributed by atoms with Gasteiger partial charge in [-0.2, -0.15) is 9.61 Å². The molecule has 1 aromatic carbocycles. The first-order valence-electron chi connectivity index (χ1n) is 8.51. The van der Waals surface area contributed by atoms with Crippen LogP contribution >= 0.6 is 0 Å². The average molecular weight is 352 g/mol. The van der Waals surface area contributed by atoms with E-state index in [0.29, 0.717) is 23.6 Å². The van der Waals surface area contributed by atoms with E-state index in [1.165, 1.54) is 11.8 Å². The van der Waals surface area contributed by atoms with Crippen LogP contribution in [-0.4, -0.2) is 41.2 Å². The first kappa shape index (κ1) is 16.2. The number of hydrogen-bond acceptors (Lipinski definition) is 6. The predicted octanol–water partition coefficient (Wildman–Crippen LogP) is 2.20. The Morgan fingerprint density at radius 2 is 2.19 bits per heavy atom. The summed E-state index contributed by atoms with van der Waals surface area (Å²) in [7, 11) is 3.38. The van der Waals surface area contributed by atoms with Crippen molar-refractivity contribution in [3.8, 4) is 5.75 Å². The molecule has 0 bridgehead atoms. The lowest BCUT2D eigenvalue weighted by Gasteiger charge is -2.21. The summed E-state index contributed by atoms with van der Waals surface area (Å²) in [6, 6.07) is 7.89. The Bertz CT molecular complexity index is 981. The molecule has 0 saturated heterocycles. The Labute approximate surface area is 150 Å². The third kappa shape index (κ3) is 2.69. The predicted molar refractivity (Wildman–Crippen MR) is 99.5 cm³/mol. The largest absolute Gasteiger partial charge is 0.491 e. The van der Waals surface area contributed by atoms with Gasteiger partial charge in [-0.25, -0.2) is 4.98 Å². The molecule has 8 nitrogen and oxygen atoms in total. The lowest BCUT2D eigenvalue weighted by Crippen LogP contribution is -2.18. The van der Waals surface area contributed by atoms with E-state index in [1.807, 2.05) is 18.2 Å². The molecule has 3 N–H and O–H groups in total. The van der Waals surface area contributed by atoms with E-state index in [1.54, 1.807) is 18.6 Å². The maximum Gasteiger partial charge on any atom is 0.256 e. The number of aryl methyl sites for hydroxylation is 1. The van der Waals surface area contributed by atoms with Crippen molar-refractivity contribution in [1.29, 1.82) is 0 Å². The number of benzene rings is 1. The monoisotopic (exact) mass is 352 g/mol. The minimum atomic E-state index is -0.230. The van der Waals surface area contributed by atoms with Gasteiger partial charge >= 0.3 is 0 Å². The van der Waals surface area contributed by atoms with Gasteiger partial charge in [-0.15, -0.1) is 0 Å². The average Bonchev–Trinajstić information content (AvgIpc) is 3.11. The van der Waals surface area contributed by atoms with Gasteiger partial charge in [-0.3, -0.25) is 4.79 Å². The number of rotatable bonds is 4. The second kappa shape index (κ2) is 6.55. The highest BCUT2D eigenvalue weighted by atomic mass is 16.5. The van der Waals surface area contributed by atoms with Gasteiger partial charge in [0.25, 0.3) is 5.91 Å². The molecule has 3 heterocycles. The van der Waals surface area contributed by atoms with Crippen molar-refractivity contribution in [3.05, 3.63) is 41.6 Å². The fourth-order valence-corrected chi connectivity index (χ4v) is 3.13. The zero-order chi connectivity index (χ0) is 18.1. The van der Waals surface area contributed by atoms with Gasteiger partial charge in [0, 0.05) is 20.2 Å². The maximum atomic E-state index is 12.1. The quantitative estimate of drug-likeness (QED) is 0.667. The van der Waals surface area contributed by atoms with Crippen LogP contribution < -0.4 is 20.7 Å². The number of ether oxygens (including phenoxy) is 1. The molecular formula is C18H20N6O2. The minimum Gasteiger partial charge on any atom is -0.491 e. The summed E-state index contributed by atoms with van der Waals surface area (Å²) in [6.45, 7) is 0.712. The van der Waals surface area contributed by atoms with Crippen molar-refractivity contribution >= 4 is 28.9 Å². The highest BCUT2D eigenvalue weighted by molar-refractivity contribution is 5.99. The number of anilines is 3. The number of hydrogen-bond donors (Lipinski definition) is 3. The highest BCUT2D eigenvalue weighted by Crippen LogP contribution is 2.35. The van der Waals surface area contributed by atoms with Crippen LogP contribution in [0.4, 0.5) is 17.3 Å². The van der Waals surface area contributed by atoms with Crippen molar-refractivity contribution < 1.29 is 9.53 Å². The summed E-state index contributed by atoms with van der Waals surface area (Å²) in [6.07, 6.45) is 3.54. The molecule has 4 rings (SSSR count). The van der Waals surface area contributed by atoms with Crippen molar-refractivity contribution in [2.45, 2.75) is 12.8 Å². The Hall–Kier alpha value is -3.29. The summed E-state index contributed by atoms with van der Waals surface area (Å²) >= 11 is 0. The molecule has 0 spiro atoms. The van der Waals surface area contributed by atoms with Gasteiger partial charge in [-0.05, 0) is 24.5 Å². The molecule has 0 aliphatic carbocycles. The van der Waals surface area contributed by atoms with Gasteiger partial charge in [0.2, 0.25) is 0 Å². The summed E-state index contributed by atoms with van der Waals surface area (Å²) < 4.78 is 7.45. The molecule has 0 saturated carbocycles. The highest BCUT2D eigenvalue weighted by Gasteiger charge is 2.18. The topological polar surface area (TPSA) is 92.6 Å². The molecule has 3 aromatic rings. The molecule has 0 fully saturated rings. The number of para-hydroxylation sites is 1. The van der Waals surface area contributed by atoms with Crippen LogP contribution in [0.5, 0.6) is 5.75 Å². The van der Waals surface area contributed by atoms with Gasteiger partial charge in [0.05, 0.1) is 18.5 Å². The van der Waals surface area contributed by atoms with Gasteiger partial charge in [-0.1, -0.05) is 12.1 Å². The standard InChI is InChI=1S/C18H20N6O2/c1-19-15-9-14(23-17-12(18(25)20-2)10-21-24(15)17)22-13-7-3-5-11-6-4-8-26-16(11)13/h3,5,7,9-10,19H,4,6,8H2,1-2H3,(H,20,25)(H,22,23). The summed E-state index contributed by atoms with van der Waals surface area (Å²) in [5.41, 5.74) is 2.94. The van der Waals surface area contributed by atoms with Crippen LogP contribution in [0.3, 0.4) is 0 Å². The Morgan fingerprint density at radius 1 is 1.31 bits per heavy atom. The van der Waals surface area contributed by atoms with E-state index in [2.05, 4.69) is 32.1 Å². The second-order valence-electron chi connectivity index (χ2n) is 6.02. The van der Waals surface area contributed by atoms with E-state index in [0.717, 1.165) is 30.1 Å². The first-order chi connectivity index (χ1) is 12.7. The third-order valence-corrected chi connectivity index (χ3v) is 4.40. The Kier molecular flexibility index (Phi) is 4.08. The van der Waals surface area contributed by atoms with E-state index in [4.69, 9.17) is 4.74 Å². The lowest BCUT2D eigenvalue weighted by atomic mass is 10.1. The number of carbonyl (C=O) groups excluding carboxylic acids is 1. The van der Waals surface area contributed by atoms with Gasteiger partial charge in [0.1, 0.15) is 22.9 Å². The van der Waals surface area contributed by atoms with Crippen LogP contribution in [0.25, 0.3) is 5.65 Å². The molecule has 0 atom stereocenters. The molecular weight excluding hydrogens is 332 g/mol. The van der Waals surface area contributed by atoms with Gasteiger partial charge in [0.15, 0.2) is 5.65 Å². The zero-order valence-electron chi connectivity index (χ0n) is 14.7. The Balaban J connectivity index is 1.79. The molecule has 0 unspecified atom stereocenters. The van der Waals surface area contributed by atoms with E-state index < -0.39 is 0 Å². The summed E-state index contributed by atoms with van der Waals surface area (Å²) in [5.74, 6) is 1.96. The number of carbonyl (C=O) groups is 1. The molecule has 1 aliphatic heterocycles. The van der Waals surface area contributed by atoms with Gasteiger partial charge < -0.3 is 20.7 Å². The van der Waals surface area contributed by atoms with Crippen LogP contribution in [0.1, 0.15) is 22.3 Å². The number of amides is 1. The molecule has 134 valence electrons. The fraction of sp³-hybridized carbons (Fsp3) is 0.278. The van der Waals surface area contributed by atoms with E-state index in [-0.39, 0.29) is 5.91 Å². The first-order valence-corrected chi connectivity index (χ1v) is 8.51. The van der Waals surface area contributed by atoms with Crippen molar-refractivity contribution in [2.75, 3.05) is 31.3 Å². The Morgan fingerprint density at radius 3 is 3.00 bits per heavy atom. The third-order valence-electron chi connectivity index (χ3n) is 4.40. The molecule has 8 heteroatoms. The SMILES string of the molecule is CNC(=O)c1cnn2c(NC)cc(Nc3cccc4c3OCCC4)nc12. The van der Waals surface area contributed by atoms with E-state index in [9.17, 15) is 4.79 Å². The second-order valence-corrected chi connectivity index (χ2v) is 6.02. The molecule has 26 heavy (non-hydrogen) atoms. The van der Waals surface area contributed by atoms with Crippen LogP contribution in [0, 0.1) is 0 Å². The van der Waals surface area contributed by atoms with E-state index >= 15 is 0 Å². The number of nitrogens with one attached hydrogen (secondary N) is 3. The normalized spacial score (nSPS) is 13.0. The number of fused-ring (bicyclic) bond motifs is 2. The molecule has 2 aromatic heterocycles. The number of aromatic nitrogens is 3. The maximum absolute atomic E-state index is 12.1. The van der Waals surface area contributed by atoms with Crippen LogP contribution in [0.2, 0.25) is 0 Å². The van der Waals surface area contributed by atoms with Crippen molar-refractivity contribution in [1.82, 2.24) is 19.9 Å². The van der Waals surface area contributed by atoms with Crippen molar-refractivity contribution in [3.63, 3.8) is 0 Å². The molecule has 1 aliphatic rings. The molecule has 1 amide bonds. The van der Waals surface area contributed by atoms with Crippen LogP contribution in [-0.2, 0) is 6.42 Å². The molecule has 0 radical (unpaired) electrons. The van der Waals surface area contributed by atoms with Crippen LogP contribution in [0.15, 0.2) is 30.5 Å². The zero-order valence-corrected chi connectivity index (χ0v) is 14.7. The lowest BCUT2D eigenvalue weighted by molar-refractivity contribution is 0.0964. The minimum absolute atomic E-state index is 0.230. The summed E-state index contributed by atoms with van der Waals surface area (Å²) in [5, 5.41) is 13.3. The number of nitrogens with zero attached hydrogens (tertiary/aromatic N) is 3. The fourth-order valence-electron chi connectivity index (χ4n) is 3.13. The van der Waals surface area contributed by atoms with Crippen molar-refractivity contribution in [2.24, 2.45) is 0 Å². The smallest absolute Gasteiger partial charge is 0.256 e. The summed E-state index contributed by atoms with van der Waals surface area (Å²) in [4.78, 5) is 16.7.